The van der Waals surface area contributed by atoms with Crippen molar-refractivity contribution < 1.29 is 14.3 Å². The fourth-order valence-corrected chi connectivity index (χ4v) is 5.32. The zero-order valence-electron chi connectivity index (χ0n) is 17.0. The predicted octanol–water partition coefficient (Wildman–Crippen LogP) is 0.816. The lowest BCUT2D eigenvalue weighted by Crippen LogP contribution is -2.62. The number of fused-ring (bicyclic) bond motifs is 3. The van der Waals surface area contributed by atoms with Gasteiger partial charge in [-0.1, -0.05) is 6.07 Å². The summed E-state index contributed by atoms with van der Waals surface area (Å²) in [4.78, 5) is 24.9. The molecule has 0 radical (unpaired) electrons. The highest BCUT2D eigenvalue weighted by molar-refractivity contribution is 5.85. The summed E-state index contributed by atoms with van der Waals surface area (Å²) in [5, 5.41) is 0. The molecular weight excluding hydrogens is 370 g/mol. The van der Waals surface area contributed by atoms with E-state index in [-0.39, 0.29) is 17.6 Å². The number of carbonyl (C=O) groups is 1. The number of carbonyl (C=O) groups excluding carboxylic acids is 1. The van der Waals surface area contributed by atoms with Crippen LogP contribution in [-0.2, 0) is 20.8 Å². The van der Waals surface area contributed by atoms with Crippen molar-refractivity contribution in [3.8, 4) is 0 Å². The molecule has 1 atom stereocenters. The largest absolute Gasteiger partial charge is 0.383 e. The number of hydrogen-bond acceptors (Lipinski definition) is 6. The van der Waals surface area contributed by atoms with Crippen LogP contribution < -0.4 is 0 Å². The Kier molecular flexibility index (Phi) is 5.03. The van der Waals surface area contributed by atoms with Crippen LogP contribution >= 0.6 is 0 Å². The molecule has 8 nitrogen and oxygen atoms in total. The van der Waals surface area contributed by atoms with Gasteiger partial charge in [-0.15, -0.1) is 0 Å². The van der Waals surface area contributed by atoms with Crippen molar-refractivity contribution in [2.24, 2.45) is 0 Å². The average Bonchev–Trinajstić information content (AvgIpc) is 3.25. The van der Waals surface area contributed by atoms with E-state index in [1.54, 1.807) is 7.11 Å². The Hall–Kier alpha value is -2.00. The topological polar surface area (TPSA) is 62.5 Å². The lowest BCUT2D eigenvalue weighted by molar-refractivity contribution is -0.137. The zero-order chi connectivity index (χ0) is 19.8. The number of aromatic nitrogens is 2. The van der Waals surface area contributed by atoms with Gasteiger partial charge in [0, 0.05) is 58.9 Å². The number of imidazole rings is 1. The molecule has 0 saturated carbocycles. The lowest BCUT2D eigenvalue weighted by Gasteiger charge is -2.49. The molecule has 5 rings (SSSR count). The average molecular weight is 399 g/mol. The molecule has 29 heavy (non-hydrogen) atoms. The van der Waals surface area contributed by atoms with E-state index in [0.29, 0.717) is 26.4 Å². The second kappa shape index (κ2) is 7.68. The van der Waals surface area contributed by atoms with E-state index in [1.807, 2.05) is 24.4 Å². The van der Waals surface area contributed by atoms with Crippen LogP contribution in [0.1, 0.15) is 18.5 Å². The number of nitrogens with zero attached hydrogens (tertiary/aromatic N) is 5. The molecule has 2 aromatic rings. The molecule has 3 fully saturated rings. The van der Waals surface area contributed by atoms with Crippen LogP contribution in [0.5, 0.6) is 0 Å². The zero-order valence-corrected chi connectivity index (χ0v) is 17.0. The normalized spacial score (nSPS) is 25.2. The molecule has 5 heterocycles. The van der Waals surface area contributed by atoms with Crippen LogP contribution in [0.4, 0.5) is 0 Å². The molecule has 0 aliphatic carbocycles. The van der Waals surface area contributed by atoms with Crippen LogP contribution in [0.3, 0.4) is 0 Å². The van der Waals surface area contributed by atoms with Gasteiger partial charge >= 0.3 is 0 Å². The Morgan fingerprint density at radius 3 is 2.97 bits per heavy atom. The first-order valence-electron chi connectivity index (χ1n) is 10.5. The van der Waals surface area contributed by atoms with Crippen LogP contribution in [0.2, 0.25) is 0 Å². The van der Waals surface area contributed by atoms with E-state index in [1.165, 1.54) is 0 Å². The molecule has 8 heteroatoms. The van der Waals surface area contributed by atoms with E-state index < -0.39 is 0 Å². The Labute approximate surface area is 171 Å². The van der Waals surface area contributed by atoms with Crippen molar-refractivity contribution in [3.63, 3.8) is 0 Å². The molecule has 3 aliphatic rings. The van der Waals surface area contributed by atoms with Crippen molar-refractivity contribution in [1.29, 1.82) is 0 Å². The summed E-state index contributed by atoms with van der Waals surface area (Å²) < 4.78 is 13.1. The summed E-state index contributed by atoms with van der Waals surface area (Å²) in [6.45, 7) is 6.05. The first-order chi connectivity index (χ1) is 14.2. The number of piperazine rings is 1. The summed E-state index contributed by atoms with van der Waals surface area (Å²) >= 11 is 0. The lowest BCUT2D eigenvalue weighted by atomic mass is 9.96. The second-order valence-electron chi connectivity index (χ2n) is 8.20. The minimum atomic E-state index is -0.200. The van der Waals surface area contributed by atoms with Gasteiger partial charge in [-0.3, -0.25) is 14.6 Å². The summed E-state index contributed by atoms with van der Waals surface area (Å²) in [5.41, 5.74) is 1.93. The molecule has 3 aliphatic heterocycles. The standard InChI is InChI=1S/C21H29N5O3/c1-28-13-10-26-20(27)18-16-23(8-9-25(18)21(26)5-11-29-12-6-21)15-17-14-22-19-4-2-3-7-24(17)19/h2-4,7,14,18H,5-6,8-13,15-16H2,1H3/t18-/m1/s1. The van der Waals surface area contributed by atoms with Crippen molar-refractivity contribution >= 4 is 11.6 Å². The molecule has 0 unspecified atom stereocenters. The third-order valence-electron chi connectivity index (χ3n) is 6.74. The third-order valence-corrected chi connectivity index (χ3v) is 6.74. The predicted molar refractivity (Wildman–Crippen MR) is 107 cm³/mol. The van der Waals surface area contributed by atoms with Crippen molar-refractivity contribution in [3.05, 3.63) is 36.3 Å². The molecule has 1 amide bonds. The maximum absolute atomic E-state index is 13.4. The van der Waals surface area contributed by atoms with Crippen molar-refractivity contribution in [2.45, 2.75) is 31.1 Å². The Morgan fingerprint density at radius 2 is 2.14 bits per heavy atom. The van der Waals surface area contributed by atoms with E-state index in [2.05, 4.69) is 30.3 Å². The third kappa shape index (κ3) is 3.15. The van der Waals surface area contributed by atoms with Gasteiger partial charge in [0.15, 0.2) is 0 Å². The first-order valence-corrected chi connectivity index (χ1v) is 10.5. The van der Waals surface area contributed by atoms with Crippen LogP contribution in [0.15, 0.2) is 30.6 Å². The number of amides is 1. The van der Waals surface area contributed by atoms with Crippen molar-refractivity contribution in [2.75, 3.05) is 53.1 Å². The number of rotatable bonds is 5. The molecule has 1 spiro atoms. The number of methoxy groups -OCH3 is 1. The molecule has 0 aromatic carbocycles. The quantitative estimate of drug-likeness (QED) is 0.742. The Morgan fingerprint density at radius 1 is 1.28 bits per heavy atom. The fraction of sp³-hybridized carbons (Fsp3) is 0.619. The maximum Gasteiger partial charge on any atom is 0.242 e. The van der Waals surface area contributed by atoms with E-state index in [9.17, 15) is 4.79 Å². The minimum Gasteiger partial charge on any atom is -0.383 e. The Bertz CT molecular complexity index is 878. The highest BCUT2D eigenvalue weighted by Crippen LogP contribution is 2.41. The summed E-state index contributed by atoms with van der Waals surface area (Å²) in [6.07, 6.45) is 5.76. The van der Waals surface area contributed by atoms with Gasteiger partial charge in [0.25, 0.3) is 0 Å². The SMILES string of the molecule is COCCN1C(=O)[C@H]2CN(Cc3cnc4ccccn34)CCN2C12CCOCC2. The minimum absolute atomic E-state index is 0.0853. The van der Waals surface area contributed by atoms with Crippen LogP contribution in [-0.4, -0.2) is 94.8 Å². The highest BCUT2D eigenvalue weighted by Gasteiger charge is 2.57. The van der Waals surface area contributed by atoms with Crippen molar-refractivity contribution in [1.82, 2.24) is 24.1 Å². The van der Waals surface area contributed by atoms with E-state index in [0.717, 1.165) is 50.4 Å². The van der Waals surface area contributed by atoms with Gasteiger partial charge in [-0.25, -0.2) is 4.98 Å². The van der Waals surface area contributed by atoms with Crippen LogP contribution in [0.25, 0.3) is 5.65 Å². The second-order valence-corrected chi connectivity index (χ2v) is 8.20. The maximum atomic E-state index is 13.4. The van der Waals surface area contributed by atoms with E-state index >= 15 is 0 Å². The van der Waals surface area contributed by atoms with E-state index in [4.69, 9.17) is 9.47 Å². The molecule has 0 N–H and O–H groups in total. The van der Waals surface area contributed by atoms with Gasteiger partial charge in [-0.05, 0) is 12.1 Å². The smallest absolute Gasteiger partial charge is 0.242 e. The highest BCUT2D eigenvalue weighted by atomic mass is 16.5. The van der Waals surface area contributed by atoms with Gasteiger partial charge in [0.1, 0.15) is 17.4 Å². The molecule has 0 bridgehead atoms. The fourth-order valence-electron chi connectivity index (χ4n) is 5.32. The van der Waals surface area contributed by atoms with Gasteiger partial charge < -0.3 is 18.8 Å². The number of pyridine rings is 1. The van der Waals surface area contributed by atoms with Crippen LogP contribution in [0, 0.1) is 0 Å². The summed E-state index contributed by atoms with van der Waals surface area (Å²) in [6, 6.07) is 5.96. The molecule has 156 valence electrons. The number of ether oxygens (including phenoxy) is 2. The monoisotopic (exact) mass is 399 g/mol. The molecule has 2 aromatic heterocycles. The summed E-state index contributed by atoms with van der Waals surface area (Å²) in [7, 11) is 1.70. The first kappa shape index (κ1) is 19.0. The summed E-state index contributed by atoms with van der Waals surface area (Å²) in [5.74, 6) is 0.242. The molecular formula is C21H29N5O3. The van der Waals surface area contributed by atoms with Gasteiger partial charge in [-0.2, -0.15) is 0 Å². The molecule has 3 saturated heterocycles. The van der Waals surface area contributed by atoms with Gasteiger partial charge in [0.05, 0.1) is 31.7 Å². The van der Waals surface area contributed by atoms with Gasteiger partial charge in [0.2, 0.25) is 5.91 Å². The Balaban J connectivity index is 1.36. The number of hydrogen-bond donors (Lipinski definition) is 0.